The lowest BCUT2D eigenvalue weighted by Crippen LogP contribution is -2.43. The molecule has 0 spiro atoms. The largest absolute Gasteiger partial charge is 0.502 e. The lowest BCUT2D eigenvalue weighted by atomic mass is 10.0. The van der Waals surface area contributed by atoms with Crippen LogP contribution in [-0.2, 0) is 0 Å². The first-order valence-electron chi connectivity index (χ1n) is 8.28. The molecule has 0 aliphatic carbocycles. The molecule has 1 atom stereocenters. The molecule has 1 aliphatic rings. The van der Waals surface area contributed by atoms with E-state index in [0.29, 0.717) is 22.5 Å². The van der Waals surface area contributed by atoms with Gasteiger partial charge in [0.05, 0.1) is 10.5 Å². The van der Waals surface area contributed by atoms with Gasteiger partial charge in [-0.25, -0.2) is 0 Å². The second-order valence-corrected chi connectivity index (χ2v) is 6.11. The molecule has 3 aromatic carbocycles. The summed E-state index contributed by atoms with van der Waals surface area (Å²) in [6, 6.07) is 20.3. The van der Waals surface area contributed by atoms with Gasteiger partial charge in [-0.2, -0.15) is 0 Å². The second-order valence-electron chi connectivity index (χ2n) is 6.11. The average molecular weight is 361 g/mol. The van der Waals surface area contributed by atoms with Crippen molar-refractivity contribution in [3.63, 3.8) is 0 Å². The van der Waals surface area contributed by atoms with Gasteiger partial charge in [0.2, 0.25) is 0 Å². The first-order chi connectivity index (χ1) is 13.1. The minimum Gasteiger partial charge on any atom is -0.502 e. The summed E-state index contributed by atoms with van der Waals surface area (Å²) in [6.45, 7) is 0. The fourth-order valence-corrected chi connectivity index (χ4v) is 3.20. The summed E-state index contributed by atoms with van der Waals surface area (Å²) >= 11 is 0. The van der Waals surface area contributed by atoms with E-state index in [4.69, 9.17) is 0 Å². The average Bonchev–Trinajstić information content (AvgIpc) is 2.69. The number of nitro groups is 1. The van der Waals surface area contributed by atoms with Crippen LogP contribution in [0.25, 0.3) is 0 Å². The minimum atomic E-state index is -0.658. The van der Waals surface area contributed by atoms with E-state index < -0.39 is 22.5 Å². The first-order valence-corrected chi connectivity index (χ1v) is 8.28. The number of benzene rings is 3. The van der Waals surface area contributed by atoms with E-state index in [1.54, 1.807) is 41.3 Å². The van der Waals surface area contributed by atoms with E-state index in [9.17, 15) is 20.0 Å². The number of nitrogens with zero attached hydrogens (tertiary/aromatic N) is 2. The van der Waals surface area contributed by atoms with Crippen molar-refractivity contribution in [2.75, 3.05) is 10.2 Å². The van der Waals surface area contributed by atoms with Crippen LogP contribution in [-0.4, -0.2) is 15.9 Å². The van der Waals surface area contributed by atoms with E-state index in [0.717, 1.165) is 0 Å². The Balaban J connectivity index is 1.88. The molecule has 0 saturated carbocycles. The summed E-state index contributed by atoms with van der Waals surface area (Å²) in [4.78, 5) is 25.3. The van der Waals surface area contributed by atoms with Gasteiger partial charge < -0.3 is 10.4 Å². The van der Waals surface area contributed by atoms with Gasteiger partial charge in [0.1, 0.15) is 6.17 Å². The summed E-state index contributed by atoms with van der Waals surface area (Å²) in [5, 5.41) is 24.2. The molecule has 3 aromatic rings. The third-order valence-corrected chi connectivity index (χ3v) is 4.47. The third-order valence-electron chi connectivity index (χ3n) is 4.47. The number of hydrogen-bond donors (Lipinski definition) is 2. The molecule has 0 fully saturated rings. The molecule has 1 aliphatic heterocycles. The Hall–Kier alpha value is -3.87. The van der Waals surface area contributed by atoms with E-state index in [2.05, 4.69) is 5.32 Å². The van der Waals surface area contributed by atoms with Gasteiger partial charge in [0.15, 0.2) is 5.75 Å². The monoisotopic (exact) mass is 361 g/mol. The molecule has 0 aromatic heterocycles. The molecule has 1 heterocycles. The lowest BCUT2D eigenvalue weighted by molar-refractivity contribution is -0.385. The Labute approximate surface area is 154 Å². The summed E-state index contributed by atoms with van der Waals surface area (Å²) < 4.78 is 0. The number of fused-ring (bicyclic) bond motifs is 1. The molecule has 7 heteroatoms. The van der Waals surface area contributed by atoms with Crippen LogP contribution in [0.3, 0.4) is 0 Å². The molecule has 4 rings (SSSR count). The zero-order valence-corrected chi connectivity index (χ0v) is 14.1. The van der Waals surface area contributed by atoms with Crippen LogP contribution in [0.2, 0.25) is 0 Å². The molecular weight excluding hydrogens is 346 g/mol. The Kier molecular flexibility index (Phi) is 3.97. The zero-order valence-electron chi connectivity index (χ0n) is 14.1. The fourth-order valence-electron chi connectivity index (χ4n) is 3.20. The number of anilines is 2. The number of carbonyl (C=O) groups is 1. The highest BCUT2D eigenvalue weighted by Crippen LogP contribution is 2.38. The van der Waals surface area contributed by atoms with Crippen molar-refractivity contribution in [1.82, 2.24) is 0 Å². The second kappa shape index (κ2) is 6.45. The highest BCUT2D eigenvalue weighted by molar-refractivity contribution is 6.12. The SMILES string of the molecule is O=C1c2ccccc2N[C@@H](c2ccc(O)c([N+](=O)[O-])c2)N1c1ccccc1. The van der Waals surface area contributed by atoms with Gasteiger partial charge in [0.25, 0.3) is 5.91 Å². The highest BCUT2D eigenvalue weighted by atomic mass is 16.6. The van der Waals surface area contributed by atoms with Gasteiger partial charge in [-0.1, -0.05) is 36.4 Å². The van der Waals surface area contributed by atoms with Crippen molar-refractivity contribution in [3.05, 3.63) is 94.0 Å². The number of amides is 1. The van der Waals surface area contributed by atoms with E-state index in [1.807, 2.05) is 24.3 Å². The van der Waals surface area contributed by atoms with Gasteiger partial charge in [-0.15, -0.1) is 0 Å². The van der Waals surface area contributed by atoms with Crippen molar-refractivity contribution in [2.24, 2.45) is 0 Å². The van der Waals surface area contributed by atoms with Crippen LogP contribution in [0.4, 0.5) is 17.1 Å². The van der Waals surface area contributed by atoms with E-state index >= 15 is 0 Å². The number of phenolic OH excluding ortho intramolecular Hbond substituents is 1. The van der Waals surface area contributed by atoms with Gasteiger partial charge in [-0.05, 0) is 30.3 Å². The molecule has 134 valence electrons. The standard InChI is InChI=1S/C20H15N3O4/c24-18-11-10-13(12-17(18)23(26)27)19-21-16-9-5-4-8-15(16)20(25)22(19)14-6-2-1-3-7-14/h1-12,19,21,24H/t19-/m1/s1. The first kappa shape index (κ1) is 16.6. The molecule has 2 N–H and O–H groups in total. The number of nitrogens with one attached hydrogen (secondary N) is 1. The van der Waals surface area contributed by atoms with Crippen LogP contribution in [0, 0.1) is 10.1 Å². The maximum absolute atomic E-state index is 13.2. The van der Waals surface area contributed by atoms with Crippen molar-refractivity contribution in [3.8, 4) is 5.75 Å². The Morgan fingerprint density at radius 1 is 1.00 bits per heavy atom. The van der Waals surface area contributed by atoms with Crippen molar-refractivity contribution in [1.29, 1.82) is 0 Å². The molecule has 27 heavy (non-hydrogen) atoms. The van der Waals surface area contributed by atoms with Crippen molar-refractivity contribution >= 4 is 23.0 Å². The molecule has 7 nitrogen and oxygen atoms in total. The number of para-hydroxylation sites is 2. The van der Waals surface area contributed by atoms with E-state index in [1.165, 1.54) is 12.1 Å². The van der Waals surface area contributed by atoms with Gasteiger partial charge in [0, 0.05) is 23.0 Å². The van der Waals surface area contributed by atoms with Crippen molar-refractivity contribution in [2.45, 2.75) is 6.17 Å². The summed E-state index contributed by atoms with van der Waals surface area (Å²) in [5.41, 5.74) is 1.91. The number of rotatable bonds is 3. The maximum Gasteiger partial charge on any atom is 0.311 e. The summed E-state index contributed by atoms with van der Waals surface area (Å²) in [6.07, 6.45) is -0.658. The molecule has 1 amide bonds. The number of aromatic hydroxyl groups is 1. The quantitative estimate of drug-likeness (QED) is 0.541. The topological polar surface area (TPSA) is 95.7 Å². The Morgan fingerprint density at radius 2 is 1.70 bits per heavy atom. The number of hydrogen-bond acceptors (Lipinski definition) is 5. The number of nitro benzene ring substituents is 1. The molecular formula is C20H15N3O4. The van der Waals surface area contributed by atoms with Gasteiger partial charge in [-0.3, -0.25) is 19.8 Å². The number of carbonyl (C=O) groups excluding carboxylic acids is 1. The molecule has 0 saturated heterocycles. The smallest absolute Gasteiger partial charge is 0.311 e. The van der Waals surface area contributed by atoms with Crippen LogP contribution in [0.1, 0.15) is 22.1 Å². The predicted octanol–water partition coefficient (Wildman–Crippen LogP) is 4.07. The van der Waals surface area contributed by atoms with Crippen LogP contribution in [0.5, 0.6) is 5.75 Å². The Morgan fingerprint density at radius 3 is 2.44 bits per heavy atom. The van der Waals surface area contributed by atoms with E-state index in [-0.39, 0.29) is 5.91 Å². The highest BCUT2D eigenvalue weighted by Gasteiger charge is 2.34. The molecule has 0 unspecified atom stereocenters. The van der Waals surface area contributed by atoms with Crippen LogP contribution in [0.15, 0.2) is 72.8 Å². The van der Waals surface area contributed by atoms with Gasteiger partial charge >= 0.3 is 5.69 Å². The zero-order chi connectivity index (χ0) is 19.0. The number of phenols is 1. The normalized spacial score (nSPS) is 15.8. The predicted molar refractivity (Wildman–Crippen MR) is 101 cm³/mol. The van der Waals surface area contributed by atoms with Crippen LogP contribution >= 0.6 is 0 Å². The van der Waals surface area contributed by atoms with Crippen molar-refractivity contribution < 1.29 is 14.8 Å². The van der Waals surface area contributed by atoms with Crippen LogP contribution < -0.4 is 10.2 Å². The Bertz CT molecular complexity index is 1040. The maximum atomic E-state index is 13.2. The molecule has 0 bridgehead atoms. The third kappa shape index (κ3) is 2.85. The fraction of sp³-hybridized carbons (Fsp3) is 0.0500. The lowest BCUT2D eigenvalue weighted by Gasteiger charge is -2.38. The molecule has 0 radical (unpaired) electrons. The summed E-state index contributed by atoms with van der Waals surface area (Å²) in [7, 11) is 0. The minimum absolute atomic E-state index is 0.212. The summed E-state index contributed by atoms with van der Waals surface area (Å²) in [5.74, 6) is -0.631.